The van der Waals surface area contributed by atoms with Crippen molar-refractivity contribution < 1.29 is 21.6 Å². The normalized spacial score (nSPS) is 19.0. The van der Waals surface area contributed by atoms with Crippen molar-refractivity contribution in [3.05, 3.63) is 34.7 Å². The van der Waals surface area contributed by atoms with E-state index in [0.29, 0.717) is 23.2 Å². The van der Waals surface area contributed by atoms with Crippen molar-refractivity contribution in [2.24, 2.45) is 5.92 Å². The molecule has 1 N–H and O–H groups in total. The van der Waals surface area contributed by atoms with Crippen molar-refractivity contribution in [2.45, 2.75) is 31.3 Å². The van der Waals surface area contributed by atoms with Gasteiger partial charge in [-0.15, -0.1) is 0 Å². The molecule has 1 heterocycles. The third-order valence-electron chi connectivity index (χ3n) is 3.93. The van der Waals surface area contributed by atoms with Gasteiger partial charge in [0.05, 0.1) is 11.0 Å². The van der Waals surface area contributed by atoms with E-state index in [1.807, 2.05) is 13.8 Å². The maximum atomic E-state index is 12.9. The number of rotatable bonds is 8. The lowest BCUT2D eigenvalue weighted by Gasteiger charge is -2.18. The quantitative estimate of drug-likeness (QED) is 0.634. The second-order valence-corrected chi connectivity index (χ2v) is 10.8. The number of hydrogen-bond acceptors (Lipinski definition) is 5. The number of ether oxygens (including phenoxy) is 1. The average molecular weight is 467 g/mol. The van der Waals surface area contributed by atoms with Crippen LogP contribution in [0.5, 0.6) is 5.75 Å². The standard InChI is InChI=1S/C16H23BrN2O5S2/c1-4-25(20,21)18-10-13-7-8-19(11-13)26(22,23)16-6-5-14(9-15(16)17)24-12(2)3/h4-6,9,12-13,18H,1,7-8,10-11H2,2-3H3/t13-/m1/s1. The van der Waals surface area contributed by atoms with E-state index in [2.05, 4.69) is 27.2 Å². The van der Waals surface area contributed by atoms with Crippen LogP contribution in [0.4, 0.5) is 0 Å². The molecular formula is C16H23BrN2O5S2. The summed E-state index contributed by atoms with van der Waals surface area (Å²) in [5.41, 5.74) is 0. The Balaban J connectivity index is 2.10. The molecule has 26 heavy (non-hydrogen) atoms. The highest BCUT2D eigenvalue weighted by atomic mass is 79.9. The fourth-order valence-corrected chi connectivity index (χ4v) is 5.78. The highest BCUT2D eigenvalue weighted by Gasteiger charge is 2.34. The van der Waals surface area contributed by atoms with E-state index in [-0.39, 0.29) is 30.0 Å². The van der Waals surface area contributed by atoms with Gasteiger partial charge in [0.15, 0.2) is 0 Å². The van der Waals surface area contributed by atoms with Gasteiger partial charge >= 0.3 is 0 Å². The second kappa shape index (κ2) is 8.39. The van der Waals surface area contributed by atoms with Crippen molar-refractivity contribution >= 4 is 36.0 Å². The van der Waals surface area contributed by atoms with Gasteiger partial charge in [-0.3, -0.25) is 0 Å². The summed E-state index contributed by atoms with van der Waals surface area (Å²) in [5.74, 6) is 0.505. The largest absolute Gasteiger partial charge is 0.491 e. The monoisotopic (exact) mass is 466 g/mol. The molecule has 0 aliphatic carbocycles. The van der Waals surface area contributed by atoms with Crippen LogP contribution in [0.15, 0.2) is 39.6 Å². The van der Waals surface area contributed by atoms with Crippen LogP contribution in [0, 0.1) is 5.92 Å². The predicted octanol–water partition coefficient (Wildman–Crippen LogP) is 2.31. The van der Waals surface area contributed by atoms with Gasteiger partial charge in [-0.05, 0) is 60.3 Å². The van der Waals surface area contributed by atoms with E-state index in [1.54, 1.807) is 12.1 Å². The smallest absolute Gasteiger partial charge is 0.244 e. The summed E-state index contributed by atoms with van der Waals surface area (Å²) >= 11 is 3.31. The maximum Gasteiger partial charge on any atom is 0.244 e. The molecule has 2 rings (SSSR count). The fourth-order valence-electron chi connectivity index (χ4n) is 2.65. The zero-order chi connectivity index (χ0) is 19.5. The number of nitrogens with zero attached hydrogens (tertiary/aromatic N) is 1. The van der Waals surface area contributed by atoms with Crippen LogP contribution in [-0.2, 0) is 20.0 Å². The van der Waals surface area contributed by atoms with Crippen LogP contribution in [0.25, 0.3) is 0 Å². The molecule has 1 saturated heterocycles. The number of hydrogen-bond donors (Lipinski definition) is 1. The summed E-state index contributed by atoms with van der Waals surface area (Å²) in [6.07, 6.45) is 0.577. The molecule has 0 spiro atoms. The van der Waals surface area contributed by atoms with E-state index in [9.17, 15) is 16.8 Å². The Morgan fingerprint density at radius 3 is 2.65 bits per heavy atom. The molecular weight excluding hydrogens is 444 g/mol. The SMILES string of the molecule is C=CS(=O)(=O)NC[C@H]1CCN(S(=O)(=O)c2ccc(OC(C)C)cc2Br)C1. The van der Waals surface area contributed by atoms with E-state index in [1.165, 1.54) is 10.4 Å². The third kappa shape index (κ3) is 5.29. The highest BCUT2D eigenvalue weighted by molar-refractivity contribution is 9.10. The lowest BCUT2D eigenvalue weighted by atomic mass is 10.1. The fraction of sp³-hybridized carbons (Fsp3) is 0.500. The number of halogens is 1. The Hall–Kier alpha value is -0.940. The minimum absolute atomic E-state index is 0.0111. The summed E-state index contributed by atoms with van der Waals surface area (Å²) in [4.78, 5) is 0.168. The summed E-state index contributed by atoms with van der Waals surface area (Å²) in [5, 5.41) is 0.842. The zero-order valence-corrected chi connectivity index (χ0v) is 17.9. The van der Waals surface area contributed by atoms with Gasteiger partial charge in [0.2, 0.25) is 20.0 Å². The average Bonchev–Trinajstić information content (AvgIpc) is 3.02. The molecule has 7 nitrogen and oxygen atoms in total. The maximum absolute atomic E-state index is 12.9. The Morgan fingerprint density at radius 2 is 2.08 bits per heavy atom. The van der Waals surface area contributed by atoms with Gasteiger partial charge in [-0.2, -0.15) is 4.31 Å². The van der Waals surface area contributed by atoms with Crippen molar-refractivity contribution in [3.8, 4) is 5.75 Å². The number of benzene rings is 1. The first-order valence-electron chi connectivity index (χ1n) is 8.13. The molecule has 1 aromatic carbocycles. The van der Waals surface area contributed by atoms with Gasteiger partial charge in [-0.1, -0.05) is 6.58 Å². The van der Waals surface area contributed by atoms with Gasteiger partial charge < -0.3 is 4.74 Å². The molecule has 10 heteroatoms. The molecule has 0 bridgehead atoms. The molecule has 0 saturated carbocycles. The molecule has 0 amide bonds. The van der Waals surface area contributed by atoms with E-state index >= 15 is 0 Å². The lowest BCUT2D eigenvalue weighted by molar-refractivity contribution is 0.242. The second-order valence-electron chi connectivity index (χ2n) is 6.34. The number of sulfonamides is 2. The van der Waals surface area contributed by atoms with Crippen LogP contribution in [0.3, 0.4) is 0 Å². The molecule has 1 aliphatic rings. The Morgan fingerprint density at radius 1 is 1.38 bits per heavy atom. The van der Waals surface area contributed by atoms with Gasteiger partial charge in [0, 0.05) is 29.5 Å². The minimum atomic E-state index is -3.67. The topological polar surface area (TPSA) is 92.8 Å². The Labute approximate surface area is 163 Å². The molecule has 1 fully saturated rings. The van der Waals surface area contributed by atoms with Crippen LogP contribution < -0.4 is 9.46 Å². The van der Waals surface area contributed by atoms with Crippen LogP contribution in [-0.4, -0.2) is 46.9 Å². The summed E-state index contributed by atoms with van der Waals surface area (Å²) in [7, 11) is -7.18. The summed E-state index contributed by atoms with van der Waals surface area (Å²) in [6.45, 7) is 7.81. The molecule has 1 aromatic rings. The predicted molar refractivity (Wildman–Crippen MR) is 104 cm³/mol. The van der Waals surface area contributed by atoms with Crippen LogP contribution >= 0.6 is 15.9 Å². The molecule has 1 atom stereocenters. The summed E-state index contributed by atoms with van der Waals surface area (Å²) in [6, 6.07) is 4.78. The van der Waals surface area contributed by atoms with Crippen LogP contribution in [0.2, 0.25) is 0 Å². The molecule has 0 aromatic heterocycles. The third-order valence-corrected chi connectivity index (χ3v) is 7.78. The Bertz CT molecular complexity index is 869. The zero-order valence-electron chi connectivity index (χ0n) is 14.7. The van der Waals surface area contributed by atoms with E-state index < -0.39 is 20.0 Å². The first kappa shape index (κ1) is 21.4. The molecule has 146 valence electrons. The first-order chi connectivity index (χ1) is 12.0. The minimum Gasteiger partial charge on any atom is -0.491 e. The van der Waals surface area contributed by atoms with Gasteiger partial charge in [0.25, 0.3) is 0 Å². The van der Waals surface area contributed by atoms with Crippen LogP contribution in [0.1, 0.15) is 20.3 Å². The molecule has 1 aliphatic heterocycles. The van der Waals surface area contributed by atoms with Crippen molar-refractivity contribution in [3.63, 3.8) is 0 Å². The van der Waals surface area contributed by atoms with E-state index in [0.717, 1.165) is 5.41 Å². The summed E-state index contributed by atoms with van der Waals surface area (Å²) < 4.78 is 58.4. The van der Waals surface area contributed by atoms with Crippen molar-refractivity contribution in [1.82, 2.24) is 9.03 Å². The number of nitrogens with one attached hydrogen (secondary N) is 1. The van der Waals surface area contributed by atoms with Gasteiger partial charge in [0.1, 0.15) is 5.75 Å². The molecule has 0 radical (unpaired) electrons. The lowest BCUT2D eigenvalue weighted by Crippen LogP contribution is -2.32. The Kier molecular flexibility index (Phi) is 6.89. The highest BCUT2D eigenvalue weighted by Crippen LogP contribution is 2.31. The van der Waals surface area contributed by atoms with Gasteiger partial charge in [-0.25, -0.2) is 21.6 Å². The van der Waals surface area contributed by atoms with E-state index in [4.69, 9.17) is 4.74 Å². The first-order valence-corrected chi connectivity index (χ1v) is 11.9. The van der Waals surface area contributed by atoms with Crippen molar-refractivity contribution in [2.75, 3.05) is 19.6 Å². The van der Waals surface area contributed by atoms with Crippen molar-refractivity contribution in [1.29, 1.82) is 0 Å². The molecule has 0 unspecified atom stereocenters.